The van der Waals surface area contributed by atoms with Crippen LogP contribution in [0.15, 0.2) is 71.5 Å². The Morgan fingerprint density at radius 3 is 2.65 bits per heavy atom. The van der Waals surface area contributed by atoms with Crippen molar-refractivity contribution in [1.29, 1.82) is 0 Å². The number of amides is 1. The molecule has 1 N–H and O–H groups in total. The van der Waals surface area contributed by atoms with E-state index in [1.165, 1.54) is 0 Å². The molecule has 0 unspecified atom stereocenters. The first-order chi connectivity index (χ1) is 12.7. The number of hydrogen-bond acceptors (Lipinski definition) is 3. The molecule has 0 aliphatic rings. The molecule has 0 bridgehead atoms. The largest absolute Gasteiger partial charge is 0.488 e. The highest BCUT2D eigenvalue weighted by atomic mass is 79.9. The topological polar surface area (TPSA) is 56.2 Å². The van der Waals surface area contributed by atoms with Gasteiger partial charge in [0.25, 0.3) is 5.91 Å². The van der Waals surface area contributed by atoms with Gasteiger partial charge in [-0.2, -0.15) is 5.10 Å². The lowest BCUT2D eigenvalue weighted by Gasteiger charge is -2.09. The molecule has 6 heteroatoms. The van der Waals surface area contributed by atoms with Crippen molar-refractivity contribution < 1.29 is 9.53 Å². The van der Waals surface area contributed by atoms with E-state index in [1.807, 2.05) is 65.5 Å². The van der Waals surface area contributed by atoms with Crippen molar-refractivity contribution in [2.75, 3.05) is 6.54 Å². The minimum Gasteiger partial charge on any atom is -0.488 e. The van der Waals surface area contributed by atoms with Gasteiger partial charge in [-0.05, 0) is 58.2 Å². The van der Waals surface area contributed by atoms with E-state index in [1.54, 1.807) is 6.20 Å². The Balaban J connectivity index is 1.44. The zero-order valence-electron chi connectivity index (χ0n) is 14.3. The van der Waals surface area contributed by atoms with Crippen LogP contribution in [-0.4, -0.2) is 22.2 Å². The second-order valence-corrected chi connectivity index (χ2v) is 6.65. The van der Waals surface area contributed by atoms with Crippen LogP contribution in [0.2, 0.25) is 0 Å². The summed E-state index contributed by atoms with van der Waals surface area (Å²) in [5.41, 5.74) is 1.66. The van der Waals surface area contributed by atoms with Gasteiger partial charge in [0.2, 0.25) is 0 Å². The zero-order chi connectivity index (χ0) is 18.2. The predicted molar refractivity (Wildman–Crippen MR) is 104 cm³/mol. The average molecular weight is 414 g/mol. The van der Waals surface area contributed by atoms with E-state index >= 15 is 0 Å². The van der Waals surface area contributed by atoms with Gasteiger partial charge in [-0.25, -0.2) is 0 Å². The predicted octanol–water partition coefficient (Wildman–Crippen LogP) is 4.04. The number of aromatic nitrogens is 2. The lowest BCUT2D eigenvalue weighted by molar-refractivity contribution is 0.0952. The summed E-state index contributed by atoms with van der Waals surface area (Å²) in [4.78, 5) is 12.2. The first kappa shape index (κ1) is 18.2. The Bertz CT molecular complexity index is 833. The molecule has 5 nitrogen and oxygen atoms in total. The molecule has 3 rings (SSSR count). The number of carbonyl (C=O) groups excluding carboxylic acids is 1. The Morgan fingerprint density at radius 1 is 1.12 bits per heavy atom. The maximum Gasteiger partial charge on any atom is 0.251 e. The molecule has 2 aromatic carbocycles. The van der Waals surface area contributed by atoms with Crippen molar-refractivity contribution in [2.45, 2.75) is 19.6 Å². The standard InChI is InChI=1S/C20H20BrN3O2/c21-18-5-1-2-6-19(18)26-15-16-7-9-17(10-8-16)20(25)22-11-3-13-24-14-4-12-23-24/h1-2,4-10,12,14H,3,11,13,15H2,(H,22,25). The van der Waals surface area contributed by atoms with Crippen molar-refractivity contribution in [2.24, 2.45) is 0 Å². The van der Waals surface area contributed by atoms with E-state index in [0.717, 1.165) is 28.8 Å². The molecule has 0 aliphatic heterocycles. The maximum atomic E-state index is 12.2. The number of nitrogens with zero attached hydrogens (tertiary/aromatic N) is 2. The molecule has 26 heavy (non-hydrogen) atoms. The van der Waals surface area contributed by atoms with Gasteiger partial charge in [0, 0.05) is 31.0 Å². The van der Waals surface area contributed by atoms with Crippen molar-refractivity contribution in [1.82, 2.24) is 15.1 Å². The smallest absolute Gasteiger partial charge is 0.251 e. The fraction of sp³-hybridized carbons (Fsp3) is 0.200. The monoisotopic (exact) mass is 413 g/mol. The van der Waals surface area contributed by atoms with Gasteiger partial charge in [-0.1, -0.05) is 24.3 Å². The number of hydrogen-bond donors (Lipinski definition) is 1. The van der Waals surface area contributed by atoms with Crippen molar-refractivity contribution in [3.63, 3.8) is 0 Å². The molecular weight excluding hydrogens is 394 g/mol. The maximum absolute atomic E-state index is 12.2. The van der Waals surface area contributed by atoms with E-state index in [-0.39, 0.29) is 5.91 Å². The van der Waals surface area contributed by atoms with Crippen LogP contribution < -0.4 is 10.1 Å². The molecule has 3 aromatic rings. The summed E-state index contributed by atoms with van der Waals surface area (Å²) in [7, 11) is 0. The molecule has 0 atom stereocenters. The van der Waals surface area contributed by atoms with Crippen molar-refractivity contribution in [3.05, 3.63) is 82.6 Å². The third-order valence-corrected chi connectivity index (χ3v) is 4.51. The molecule has 0 saturated heterocycles. The highest BCUT2D eigenvalue weighted by Gasteiger charge is 2.06. The summed E-state index contributed by atoms with van der Waals surface area (Å²) in [5, 5.41) is 7.06. The van der Waals surface area contributed by atoms with Gasteiger partial charge in [0.15, 0.2) is 0 Å². The third-order valence-electron chi connectivity index (χ3n) is 3.86. The number of nitrogens with one attached hydrogen (secondary N) is 1. The molecule has 1 amide bonds. The van der Waals surface area contributed by atoms with Crippen LogP contribution in [0.4, 0.5) is 0 Å². The summed E-state index contributed by atoms with van der Waals surface area (Å²) in [6, 6.07) is 17.1. The van der Waals surface area contributed by atoms with E-state index in [0.29, 0.717) is 18.7 Å². The normalized spacial score (nSPS) is 10.5. The minimum atomic E-state index is -0.0660. The van der Waals surface area contributed by atoms with E-state index in [2.05, 4.69) is 26.3 Å². The Kier molecular flexibility index (Phi) is 6.44. The number of aryl methyl sites for hydroxylation is 1. The highest BCUT2D eigenvalue weighted by molar-refractivity contribution is 9.10. The van der Waals surface area contributed by atoms with Gasteiger partial charge < -0.3 is 10.1 Å². The molecule has 1 aromatic heterocycles. The SMILES string of the molecule is O=C(NCCCn1cccn1)c1ccc(COc2ccccc2Br)cc1. The molecule has 0 saturated carbocycles. The average Bonchev–Trinajstić information content (AvgIpc) is 3.18. The number of para-hydroxylation sites is 1. The van der Waals surface area contributed by atoms with Crippen LogP contribution in [0.5, 0.6) is 5.75 Å². The lowest BCUT2D eigenvalue weighted by atomic mass is 10.1. The van der Waals surface area contributed by atoms with E-state index < -0.39 is 0 Å². The Labute approximate surface area is 161 Å². The highest BCUT2D eigenvalue weighted by Crippen LogP contribution is 2.24. The molecule has 0 aliphatic carbocycles. The quantitative estimate of drug-likeness (QED) is 0.566. The number of ether oxygens (including phenoxy) is 1. The number of carbonyl (C=O) groups is 1. The van der Waals surface area contributed by atoms with E-state index in [9.17, 15) is 4.79 Å². The van der Waals surface area contributed by atoms with Gasteiger partial charge in [-0.3, -0.25) is 9.48 Å². The molecule has 0 radical (unpaired) electrons. The van der Waals surface area contributed by atoms with Crippen molar-refractivity contribution >= 4 is 21.8 Å². The zero-order valence-corrected chi connectivity index (χ0v) is 15.9. The minimum absolute atomic E-state index is 0.0660. The van der Waals surface area contributed by atoms with Crippen LogP contribution in [0, 0.1) is 0 Å². The summed E-state index contributed by atoms with van der Waals surface area (Å²) < 4.78 is 8.56. The third kappa shape index (κ3) is 5.20. The van der Waals surface area contributed by atoms with Crippen LogP contribution in [0.1, 0.15) is 22.3 Å². The number of halogens is 1. The van der Waals surface area contributed by atoms with Crippen molar-refractivity contribution in [3.8, 4) is 5.75 Å². The number of benzene rings is 2. The Hall–Kier alpha value is -2.60. The molecule has 134 valence electrons. The molecule has 0 fully saturated rings. The van der Waals surface area contributed by atoms with Gasteiger partial charge in [0.05, 0.1) is 4.47 Å². The first-order valence-electron chi connectivity index (χ1n) is 8.44. The first-order valence-corrected chi connectivity index (χ1v) is 9.23. The fourth-order valence-corrected chi connectivity index (χ4v) is 2.85. The summed E-state index contributed by atoms with van der Waals surface area (Å²) in [6.45, 7) is 1.86. The van der Waals surface area contributed by atoms with Crippen LogP contribution in [0.25, 0.3) is 0 Å². The van der Waals surface area contributed by atoms with Gasteiger partial charge >= 0.3 is 0 Å². The molecule has 0 spiro atoms. The summed E-state index contributed by atoms with van der Waals surface area (Å²) >= 11 is 3.46. The molecule has 1 heterocycles. The molecular formula is C20H20BrN3O2. The summed E-state index contributed by atoms with van der Waals surface area (Å²) in [5.74, 6) is 0.732. The van der Waals surface area contributed by atoms with Gasteiger partial charge in [0.1, 0.15) is 12.4 Å². The fourth-order valence-electron chi connectivity index (χ4n) is 2.45. The van der Waals surface area contributed by atoms with Crippen LogP contribution >= 0.6 is 15.9 Å². The lowest BCUT2D eigenvalue weighted by Crippen LogP contribution is -2.25. The van der Waals surface area contributed by atoms with E-state index in [4.69, 9.17) is 4.74 Å². The van der Waals surface area contributed by atoms with Gasteiger partial charge in [-0.15, -0.1) is 0 Å². The second kappa shape index (κ2) is 9.20. The Morgan fingerprint density at radius 2 is 1.92 bits per heavy atom. The van der Waals surface area contributed by atoms with Crippen LogP contribution in [-0.2, 0) is 13.2 Å². The van der Waals surface area contributed by atoms with Crippen LogP contribution in [0.3, 0.4) is 0 Å². The second-order valence-electron chi connectivity index (χ2n) is 5.79. The number of rotatable bonds is 8. The summed E-state index contributed by atoms with van der Waals surface area (Å²) in [6.07, 6.45) is 4.50.